The maximum absolute atomic E-state index is 12.3. The van der Waals surface area contributed by atoms with E-state index in [1.807, 2.05) is 37.3 Å². The highest BCUT2D eigenvalue weighted by Crippen LogP contribution is 2.38. The molecule has 2 aromatic rings. The van der Waals surface area contributed by atoms with Gasteiger partial charge < -0.3 is 14.5 Å². The van der Waals surface area contributed by atoms with Crippen molar-refractivity contribution in [1.29, 1.82) is 5.26 Å². The van der Waals surface area contributed by atoms with Crippen molar-refractivity contribution >= 4 is 12.1 Å². The zero-order chi connectivity index (χ0) is 21.6. The van der Waals surface area contributed by atoms with Crippen LogP contribution in [-0.4, -0.2) is 55.0 Å². The molecular weight excluding hydrogens is 388 g/mol. The molecule has 0 spiro atoms. The van der Waals surface area contributed by atoms with Crippen molar-refractivity contribution in [3.8, 4) is 23.1 Å². The van der Waals surface area contributed by atoms with E-state index in [1.165, 1.54) is 32.4 Å². The number of aldehydes is 1. The fourth-order valence-electron chi connectivity index (χ4n) is 4.89. The molecule has 1 aromatic carbocycles. The van der Waals surface area contributed by atoms with Crippen molar-refractivity contribution in [3.63, 3.8) is 0 Å². The number of ether oxygens (including phenoxy) is 1. The van der Waals surface area contributed by atoms with Crippen LogP contribution in [0.4, 0.5) is 5.82 Å². The molecule has 6 heteroatoms. The van der Waals surface area contributed by atoms with Gasteiger partial charge >= 0.3 is 0 Å². The summed E-state index contributed by atoms with van der Waals surface area (Å²) in [7, 11) is 0. The van der Waals surface area contributed by atoms with Crippen LogP contribution in [0.15, 0.2) is 30.3 Å². The maximum atomic E-state index is 12.3. The molecule has 0 amide bonds. The van der Waals surface area contributed by atoms with Gasteiger partial charge in [0.15, 0.2) is 6.29 Å². The average molecular weight is 419 g/mol. The number of nitriles is 1. The summed E-state index contributed by atoms with van der Waals surface area (Å²) in [5.74, 6) is 0.941. The first-order valence-corrected chi connectivity index (χ1v) is 11.4. The normalized spacial score (nSPS) is 17.9. The van der Waals surface area contributed by atoms with Gasteiger partial charge in [0.2, 0.25) is 5.88 Å². The molecule has 0 atom stereocenters. The van der Waals surface area contributed by atoms with Crippen molar-refractivity contribution in [1.82, 2.24) is 9.88 Å². The summed E-state index contributed by atoms with van der Waals surface area (Å²) in [6.45, 7) is 6.38. The van der Waals surface area contributed by atoms with E-state index in [0.29, 0.717) is 41.0 Å². The Kier molecular flexibility index (Phi) is 6.83. The van der Waals surface area contributed by atoms with Crippen LogP contribution in [0.5, 0.6) is 5.88 Å². The van der Waals surface area contributed by atoms with Gasteiger partial charge in [0.25, 0.3) is 0 Å². The number of hydrogen-bond acceptors (Lipinski definition) is 6. The fraction of sp³-hybridized carbons (Fsp3) is 0.480. The Balaban J connectivity index is 1.70. The molecule has 4 rings (SSSR count). The van der Waals surface area contributed by atoms with E-state index in [1.54, 1.807) is 0 Å². The second-order valence-corrected chi connectivity index (χ2v) is 8.25. The first-order chi connectivity index (χ1) is 15.3. The van der Waals surface area contributed by atoms with E-state index in [2.05, 4.69) is 20.9 Å². The van der Waals surface area contributed by atoms with E-state index >= 15 is 0 Å². The Morgan fingerprint density at radius 2 is 1.84 bits per heavy atom. The minimum absolute atomic E-state index is 0.308. The van der Waals surface area contributed by atoms with Crippen molar-refractivity contribution in [2.24, 2.45) is 0 Å². The minimum Gasteiger partial charge on any atom is -0.477 e. The highest BCUT2D eigenvalue weighted by molar-refractivity contribution is 5.96. The number of piperidine rings is 2. The van der Waals surface area contributed by atoms with Crippen molar-refractivity contribution < 1.29 is 9.53 Å². The molecule has 2 fully saturated rings. The van der Waals surface area contributed by atoms with Gasteiger partial charge in [0.05, 0.1) is 12.2 Å². The van der Waals surface area contributed by atoms with E-state index in [-0.39, 0.29) is 0 Å². The molecule has 2 aliphatic heterocycles. The third-order valence-electron chi connectivity index (χ3n) is 6.43. The lowest BCUT2D eigenvalue weighted by Crippen LogP contribution is -2.47. The molecule has 31 heavy (non-hydrogen) atoms. The molecule has 1 aromatic heterocycles. The Labute approximate surface area is 184 Å². The van der Waals surface area contributed by atoms with Crippen LogP contribution in [0.25, 0.3) is 11.1 Å². The second kappa shape index (κ2) is 9.93. The molecule has 2 saturated heterocycles. The monoisotopic (exact) mass is 418 g/mol. The third kappa shape index (κ3) is 4.42. The summed E-state index contributed by atoms with van der Waals surface area (Å²) >= 11 is 0. The molecule has 162 valence electrons. The van der Waals surface area contributed by atoms with Gasteiger partial charge in [-0.3, -0.25) is 4.79 Å². The number of rotatable bonds is 6. The van der Waals surface area contributed by atoms with Crippen molar-refractivity contribution in [3.05, 3.63) is 41.5 Å². The molecular formula is C25H30N4O2. The molecule has 0 radical (unpaired) electrons. The summed E-state index contributed by atoms with van der Waals surface area (Å²) in [5, 5.41) is 9.88. The molecule has 0 N–H and O–H groups in total. The lowest BCUT2D eigenvalue weighted by Gasteiger charge is -2.41. The van der Waals surface area contributed by atoms with Crippen LogP contribution < -0.4 is 9.64 Å². The lowest BCUT2D eigenvalue weighted by atomic mass is 9.95. The second-order valence-electron chi connectivity index (χ2n) is 8.25. The van der Waals surface area contributed by atoms with Gasteiger partial charge in [-0.2, -0.15) is 10.2 Å². The Morgan fingerprint density at radius 3 is 2.45 bits per heavy atom. The summed E-state index contributed by atoms with van der Waals surface area (Å²) in [5.41, 5.74) is 2.24. The van der Waals surface area contributed by atoms with Gasteiger partial charge in [-0.25, -0.2) is 0 Å². The Hall–Kier alpha value is -2.91. The molecule has 0 saturated carbocycles. The molecule has 0 bridgehead atoms. The number of pyridine rings is 1. The molecule has 0 unspecified atom stereocenters. The number of benzene rings is 1. The maximum Gasteiger partial charge on any atom is 0.234 e. The molecule has 0 aliphatic carbocycles. The molecule has 6 nitrogen and oxygen atoms in total. The van der Waals surface area contributed by atoms with Crippen LogP contribution in [0.2, 0.25) is 0 Å². The van der Waals surface area contributed by atoms with Gasteiger partial charge in [-0.05, 0) is 51.3 Å². The number of carbonyl (C=O) groups excluding carboxylic acids is 1. The fourth-order valence-corrected chi connectivity index (χ4v) is 4.89. The quantitative estimate of drug-likeness (QED) is 0.652. The largest absolute Gasteiger partial charge is 0.477 e. The van der Waals surface area contributed by atoms with Crippen LogP contribution in [0.1, 0.15) is 54.9 Å². The first kappa shape index (κ1) is 21.3. The van der Waals surface area contributed by atoms with Crippen LogP contribution in [0, 0.1) is 11.3 Å². The highest BCUT2D eigenvalue weighted by Gasteiger charge is 2.30. The third-order valence-corrected chi connectivity index (χ3v) is 6.43. The zero-order valence-corrected chi connectivity index (χ0v) is 18.2. The molecule has 2 aliphatic rings. The van der Waals surface area contributed by atoms with E-state index < -0.39 is 0 Å². The van der Waals surface area contributed by atoms with Gasteiger partial charge in [-0.1, -0.05) is 36.8 Å². The average Bonchev–Trinajstić information content (AvgIpc) is 2.84. The number of nitrogens with zero attached hydrogens (tertiary/aromatic N) is 4. The molecule has 3 heterocycles. The van der Waals surface area contributed by atoms with Gasteiger partial charge in [0.1, 0.15) is 17.5 Å². The number of likely N-dealkylation sites (tertiary alicyclic amines) is 1. The standard InChI is InChI=1S/C25H30N4O2/c1-2-31-25-21(17-26)23(19-9-5-3-6-10-19)22(18-30)24(27-25)29-15-11-20(12-16-29)28-13-7-4-8-14-28/h3,5-6,9-10,18,20H,2,4,7-8,11-16H2,1H3. The predicted octanol–water partition coefficient (Wildman–Crippen LogP) is 4.29. The summed E-state index contributed by atoms with van der Waals surface area (Å²) in [6.07, 6.45) is 6.90. The number of anilines is 1. The Bertz CT molecular complexity index is 940. The zero-order valence-electron chi connectivity index (χ0n) is 18.2. The van der Waals surface area contributed by atoms with Crippen LogP contribution in [-0.2, 0) is 0 Å². The lowest BCUT2D eigenvalue weighted by molar-refractivity contribution is 0.112. The van der Waals surface area contributed by atoms with Crippen molar-refractivity contribution in [2.45, 2.75) is 45.1 Å². The smallest absolute Gasteiger partial charge is 0.234 e. The topological polar surface area (TPSA) is 69.5 Å². The van der Waals surface area contributed by atoms with Crippen molar-refractivity contribution in [2.75, 3.05) is 37.7 Å². The summed E-state index contributed by atoms with van der Waals surface area (Å²) < 4.78 is 5.75. The van der Waals surface area contributed by atoms with E-state index in [0.717, 1.165) is 37.8 Å². The van der Waals surface area contributed by atoms with E-state index in [9.17, 15) is 10.1 Å². The summed E-state index contributed by atoms with van der Waals surface area (Å²) in [6, 6.07) is 12.4. The first-order valence-electron chi connectivity index (χ1n) is 11.4. The SMILES string of the molecule is CCOc1nc(N2CCC(N3CCCCC3)CC2)c(C=O)c(-c2ccccc2)c1C#N. The van der Waals surface area contributed by atoms with Gasteiger partial charge in [0, 0.05) is 24.7 Å². The van der Waals surface area contributed by atoms with Crippen LogP contribution >= 0.6 is 0 Å². The number of aromatic nitrogens is 1. The van der Waals surface area contributed by atoms with Crippen LogP contribution in [0.3, 0.4) is 0 Å². The predicted molar refractivity (Wildman–Crippen MR) is 122 cm³/mol. The number of carbonyl (C=O) groups is 1. The number of hydrogen-bond donors (Lipinski definition) is 0. The minimum atomic E-state index is 0.308. The van der Waals surface area contributed by atoms with E-state index in [4.69, 9.17) is 4.74 Å². The van der Waals surface area contributed by atoms with Gasteiger partial charge in [-0.15, -0.1) is 0 Å². The Morgan fingerprint density at radius 1 is 1.13 bits per heavy atom. The highest BCUT2D eigenvalue weighted by atomic mass is 16.5. The summed E-state index contributed by atoms with van der Waals surface area (Å²) in [4.78, 5) is 21.8.